The molecule has 66 valence electrons. The molecule has 1 saturated heterocycles. The van der Waals surface area contributed by atoms with E-state index in [0.29, 0.717) is 6.10 Å². The summed E-state index contributed by atoms with van der Waals surface area (Å²) in [5.41, 5.74) is 0.214. The van der Waals surface area contributed by atoms with Crippen molar-refractivity contribution in [1.29, 1.82) is 0 Å². The fourth-order valence-corrected chi connectivity index (χ4v) is 1.50. The van der Waals surface area contributed by atoms with Crippen molar-refractivity contribution < 1.29 is 4.74 Å². The van der Waals surface area contributed by atoms with Gasteiger partial charge in [0.05, 0.1) is 11.7 Å². The summed E-state index contributed by atoms with van der Waals surface area (Å²) in [4.78, 5) is 0. The van der Waals surface area contributed by atoms with Gasteiger partial charge in [-0.3, -0.25) is 0 Å². The topological polar surface area (TPSA) is 12.5 Å². The highest BCUT2D eigenvalue weighted by atomic mass is 16.6. The molecule has 1 aliphatic rings. The van der Waals surface area contributed by atoms with Crippen molar-refractivity contribution in [3.63, 3.8) is 0 Å². The van der Waals surface area contributed by atoms with Crippen LogP contribution < -0.4 is 0 Å². The van der Waals surface area contributed by atoms with Gasteiger partial charge in [0.1, 0.15) is 0 Å². The van der Waals surface area contributed by atoms with E-state index in [-0.39, 0.29) is 5.60 Å². The predicted molar refractivity (Wildman–Crippen MR) is 47.7 cm³/mol. The Kier molecular flexibility index (Phi) is 2.94. The summed E-state index contributed by atoms with van der Waals surface area (Å²) in [5.74, 6) is 0. The van der Waals surface area contributed by atoms with Gasteiger partial charge in [-0.2, -0.15) is 0 Å². The van der Waals surface area contributed by atoms with Gasteiger partial charge in [-0.15, -0.1) is 0 Å². The average molecular weight is 156 g/mol. The molecule has 0 bridgehead atoms. The van der Waals surface area contributed by atoms with Gasteiger partial charge in [-0.1, -0.05) is 32.6 Å². The third kappa shape index (κ3) is 2.82. The smallest absolute Gasteiger partial charge is 0.0892 e. The van der Waals surface area contributed by atoms with Crippen LogP contribution in [-0.2, 0) is 4.74 Å². The lowest BCUT2D eigenvalue weighted by atomic mass is 10.0. The van der Waals surface area contributed by atoms with Crippen LogP contribution in [0, 0.1) is 0 Å². The van der Waals surface area contributed by atoms with Gasteiger partial charge in [0.15, 0.2) is 0 Å². The summed E-state index contributed by atoms with van der Waals surface area (Å²) < 4.78 is 5.48. The van der Waals surface area contributed by atoms with E-state index in [9.17, 15) is 0 Å². The number of epoxide rings is 1. The zero-order valence-corrected chi connectivity index (χ0v) is 8.02. The largest absolute Gasteiger partial charge is 0.367 e. The monoisotopic (exact) mass is 156 g/mol. The number of hydrogen-bond acceptors (Lipinski definition) is 1. The van der Waals surface area contributed by atoms with Crippen molar-refractivity contribution in [2.24, 2.45) is 0 Å². The highest BCUT2D eigenvalue weighted by Gasteiger charge is 2.46. The molecule has 11 heavy (non-hydrogen) atoms. The Balaban J connectivity index is 1.90. The molecule has 0 unspecified atom stereocenters. The van der Waals surface area contributed by atoms with Gasteiger partial charge >= 0.3 is 0 Å². The molecule has 1 heteroatoms. The Morgan fingerprint density at radius 3 is 2.27 bits per heavy atom. The maximum absolute atomic E-state index is 5.48. The molecule has 1 nitrogen and oxygen atoms in total. The van der Waals surface area contributed by atoms with Gasteiger partial charge in [0.25, 0.3) is 0 Å². The predicted octanol–water partition coefficient (Wildman–Crippen LogP) is 3.13. The highest BCUT2D eigenvalue weighted by molar-refractivity contribution is 4.94. The molecule has 0 radical (unpaired) electrons. The van der Waals surface area contributed by atoms with Crippen LogP contribution in [0.25, 0.3) is 0 Å². The Labute approximate surface area is 70.1 Å². The van der Waals surface area contributed by atoms with Crippen molar-refractivity contribution >= 4 is 0 Å². The second-order valence-electron chi connectivity index (χ2n) is 4.06. The van der Waals surface area contributed by atoms with Gasteiger partial charge in [-0.25, -0.2) is 0 Å². The number of ether oxygens (including phenoxy) is 1. The number of hydrogen-bond donors (Lipinski definition) is 0. The summed E-state index contributed by atoms with van der Waals surface area (Å²) in [7, 11) is 0. The fourth-order valence-electron chi connectivity index (χ4n) is 1.50. The zero-order chi connectivity index (χ0) is 8.32. The summed E-state index contributed by atoms with van der Waals surface area (Å²) >= 11 is 0. The van der Waals surface area contributed by atoms with Crippen LogP contribution in [0.2, 0.25) is 0 Å². The van der Waals surface area contributed by atoms with Gasteiger partial charge in [0.2, 0.25) is 0 Å². The van der Waals surface area contributed by atoms with Crippen LogP contribution in [0.1, 0.15) is 52.9 Å². The second kappa shape index (κ2) is 3.57. The van der Waals surface area contributed by atoms with Crippen molar-refractivity contribution in [3.05, 3.63) is 0 Å². The first kappa shape index (κ1) is 9.05. The maximum Gasteiger partial charge on any atom is 0.0892 e. The molecule has 1 rings (SSSR count). The maximum atomic E-state index is 5.48. The molecule has 0 N–H and O–H groups in total. The van der Waals surface area contributed by atoms with E-state index >= 15 is 0 Å². The molecule has 0 aliphatic carbocycles. The van der Waals surface area contributed by atoms with Crippen molar-refractivity contribution in [1.82, 2.24) is 0 Å². The normalized spacial score (nSPS) is 27.0. The minimum atomic E-state index is 0.214. The lowest BCUT2D eigenvalue weighted by Gasteiger charge is -1.97. The van der Waals surface area contributed by atoms with Crippen LogP contribution in [0.3, 0.4) is 0 Å². The van der Waals surface area contributed by atoms with E-state index in [1.165, 1.54) is 32.1 Å². The minimum absolute atomic E-state index is 0.214. The molecule has 1 fully saturated rings. The average Bonchev–Trinajstić information content (AvgIpc) is 2.52. The standard InChI is InChI=1S/C10H20O/c1-4-5-6-7-8-9-10(2,3)11-9/h9H,4-8H2,1-3H3/t9-/m1/s1. The molecule has 0 aromatic heterocycles. The van der Waals surface area contributed by atoms with Crippen molar-refractivity contribution in [2.45, 2.75) is 64.6 Å². The Bertz CT molecular complexity index is 118. The van der Waals surface area contributed by atoms with Gasteiger partial charge in [-0.05, 0) is 20.3 Å². The first-order valence-corrected chi connectivity index (χ1v) is 4.84. The Morgan fingerprint density at radius 2 is 1.82 bits per heavy atom. The quantitative estimate of drug-likeness (QED) is 0.440. The Morgan fingerprint density at radius 1 is 1.18 bits per heavy atom. The summed E-state index contributed by atoms with van der Waals surface area (Å²) in [5, 5.41) is 0. The van der Waals surface area contributed by atoms with Crippen LogP contribution in [-0.4, -0.2) is 11.7 Å². The van der Waals surface area contributed by atoms with E-state index in [1.54, 1.807) is 0 Å². The van der Waals surface area contributed by atoms with E-state index in [0.717, 1.165) is 0 Å². The third-order valence-electron chi connectivity index (χ3n) is 2.48. The molecule has 0 aromatic rings. The second-order valence-corrected chi connectivity index (χ2v) is 4.06. The van der Waals surface area contributed by atoms with Gasteiger partial charge < -0.3 is 4.74 Å². The summed E-state index contributed by atoms with van der Waals surface area (Å²) in [6.45, 7) is 6.60. The first-order chi connectivity index (χ1) is 5.17. The van der Waals surface area contributed by atoms with Crippen LogP contribution in [0.4, 0.5) is 0 Å². The summed E-state index contributed by atoms with van der Waals surface area (Å²) in [6, 6.07) is 0. The van der Waals surface area contributed by atoms with Crippen molar-refractivity contribution in [3.8, 4) is 0 Å². The molecule has 0 spiro atoms. The molecule has 1 heterocycles. The molecule has 1 aliphatic heterocycles. The lowest BCUT2D eigenvalue weighted by molar-refractivity contribution is 0.318. The van der Waals surface area contributed by atoms with Crippen LogP contribution in [0.5, 0.6) is 0 Å². The van der Waals surface area contributed by atoms with Crippen LogP contribution >= 0.6 is 0 Å². The molecular weight excluding hydrogens is 136 g/mol. The fraction of sp³-hybridized carbons (Fsp3) is 1.00. The molecule has 0 amide bonds. The van der Waals surface area contributed by atoms with E-state index < -0.39 is 0 Å². The van der Waals surface area contributed by atoms with Crippen molar-refractivity contribution in [2.75, 3.05) is 0 Å². The number of unbranched alkanes of at least 4 members (excludes halogenated alkanes) is 3. The molecule has 1 atom stereocenters. The summed E-state index contributed by atoms with van der Waals surface area (Å²) in [6.07, 6.45) is 7.28. The third-order valence-corrected chi connectivity index (χ3v) is 2.48. The molecular formula is C10H20O. The van der Waals surface area contributed by atoms with Crippen LogP contribution in [0.15, 0.2) is 0 Å². The SMILES string of the molecule is CCCCCC[C@H]1OC1(C)C. The zero-order valence-electron chi connectivity index (χ0n) is 8.02. The molecule has 0 aromatic carbocycles. The van der Waals surface area contributed by atoms with Gasteiger partial charge in [0, 0.05) is 0 Å². The Hall–Kier alpha value is -0.0400. The number of rotatable bonds is 5. The highest BCUT2D eigenvalue weighted by Crippen LogP contribution is 2.38. The minimum Gasteiger partial charge on any atom is -0.367 e. The molecule has 0 saturated carbocycles. The van der Waals surface area contributed by atoms with E-state index in [1.807, 2.05) is 0 Å². The first-order valence-electron chi connectivity index (χ1n) is 4.84. The van der Waals surface area contributed by atoms with E-state index in [4.69, 9.17) is 4.74 Å². The lowest BCUT2D eigenvalue weighted by Crippen LogP contribution is -2.02. The van der Waals surface area contributed by atoms with E-state index in [2.05, 4.69) is 20.8 Å².